The predicted octanol–water partition coefficient (Wildman–Crippen LogP) is 4.56. The molecule has 2 N–H and O–H groups in total. The summed E-state index contributed by atoms with van der Waals surface area (Å²) in [6, 6.07) is 8.61. The van der Waals surface area contributed by atoms with Crippen LogP contribution >= 0.6 is 27.5 Å². The summed E-state index contributed by atoms with van der Waals surface area (Å²) in [5, 5.41) is 12.7. The zero-order valence-electron chi connectivity index (χ0n) is 12.3. The molecule has 4 nitrogen and oxygen atoms in total. The number of halogens is 2. The Bertz CT molecular complexity index is 669. The lowest BCUT2D eigenvalue weighted by atomic mass is 10.1. The van der Waals surface area contributed by atoms with Crippen LogP contribution in [0.25, 0.3) is 11.3 Å². The third-order valence-corrected chi connectivity index (χ3v) is 4.09. The topological polar surface area (TPSA) is 62.5 Å². The first-order chi connectivity index (χ1) is 10.4. The third-order valence-electron chi connectivity index (χ3n) is 3.29. The van der Waals surface area contributed by atoms with E-state index in [1.54, 1.807) is 6.07 Å². The first-order valence-corrected chi connectivity index (χ1v) is 8.06. The van der Waals surface area contributed by atoms with Crippen molar-refractivity contribution in [1.29, 1.82) is 0 Å². The predicted molar refractivity (Wildman–Crippen MR) is 90.0 cm³/mol. The second-order valence-electron chi connectivity index (χ2n) is 5.33. The minimum absolute atomic E-state index is 0.00662. The van der Waals surface area contributed by atoms with Crippen LogP contribution in [0.3, 0.4) is 0 Å². The number of benzene rings is 1. The Morgan fingerprint density at radius 1 is 1.36 bits per heavy atom. The van der Waals surface area contributed by atoms with E-state index in [4.69, 9.17) is 21.1 Å². The van der Waals surface area contributed by atoms with Crippen LogP contribution in [0.5, 0.6) is 0 Å². The molecular formula is C16H17BrClNO3. The molecule has 118 valence electrons. The van der Waals surface area contributed by atoms with Gasteiger partial charge in [-0.3, -0.25) is 10.1 Å². The van der Waals surface area contributed by atoms with Gasteiger partial charge in [0.05, 0.1) is 11.6 Å². The normalized spacial score (nSPS) is 12.6. The van der Waals surface area contributed by atoms with Gasteiger partial charge in [0.25, 0.3) is 0 Å². The van der Waals surface area contributed by atoms with E-state index in [1.165, 1.54) is 0 Å². The molecule has 1 atom stereocenters. The molecule has 0 fully saturated rings. The highest BCUT2D eigenvalue weighted by atomic mass is 79.9. The van der Waals surface area contributed by atoms with E-state index in [9.17, 15) is 4.79 Å². The van der Waals surface area contributed by atoms with E-state index in [2.05, 4.69) is 21.2 Å². The first kappa shape index (κ1) is 17.1. The van der Waals surface area contributed by atoms with Crippen LogP contribution in [0, 0.1) is 5.92 Å². The Balaban J connectivity index is 2.10. The quantitative estimate of drug-likeness (QED) is 0.764. The van der Waals surface area contributed by atoms with Crippen LogP contribution < -0.4 is 5.32 Å². The number of rotatable bonds is 6. The van der Waals surface area contributed by atoms with Crippen LogP contribution in [0.4, 0.5) is 0 Å². The summed E-state index contributed by atoms with van der Waals surface area (Å²) in [4.78, 5) is 11.2. The van der Waals surface area contributed by atoms with Crippen molar-refractivity contribution in [2.24, 2.45) is 5.92 Å². The minimum atomic E-state index is -0.863. The van der Waals surface area contributed by atoms with Crippen molar-refractivity contribution in [2.75, 3.05) is 0 Å². The molecule has 0 saturated carbocycles. The largest absolute Gasteiger partial charge is 0.480 e. The lowest BCUT2D eigenvalue weighted by Gasteiger charge is -2.16. The Hall–Kier alpha value is -1.30. The monoisotopic (exact) mass is 385 g/mol. The van der Waals surface area contributed by atoms with E-state index in [0.29, 0.717) is 23.1 Å². The summed E-state index contributed by atoms with van der Waals surface area (Å²) in [5.74, 6) is 0.456. The number of carbonyl (C=O) groups is 1. The smallest absolute Gasteiger partial charge is 0.320 e. The Morgan fingerprint density at radius 3 is 2.68 bits per heavy atom. The van der Waals surface area contributed by atoms with Crippen LogP contribution in [-0.2, 0) is 11.3 Å². The van der Waals surface area contributed by atoms with Crippen molar-refractivity contribution in [2.45, 2.75) is 26.4 Å². The highest BCUT2D eigenvalue weighted by molar-refractivity contribution is 9.10. The molecule has 2 rings (SSSR count). The van der Waals surface area contributed by atoms with Crippen molar-refractivity contribution in [3.63, 3.8) is 0 Å². The van der Waals surface area contributed by atoms with Crippen LogP contribution in [0.1, 0.15) is 19.6 Å². The summed E-state index contributed by atoms with van der Waals surface area (Å²) in [5.41, 5.74) is 0.801. The maximum atomic E-state index is 11.2. The van der Waals surface area contributed by atoms with Gasteiger partial charge in [0, 0.05) is 10.0 Å². The maximum Gasteiger partial charge on any atom is 0.320 e. The average molecular weight is 387 g/mol. The number of hydrogen-bond acceptors (Lipinski definition) is 3. The molecule has 0 aliphatic heterocycles. The van der Waals surface area contributed by atoms with Crippen molar-refractivity contribution in [3.8, 4) is 11.3 Å². The lowest BCUT2D eigenvalue weighted by Crippen LogP contribution is -2.40. The van der Waals surface area contributed by atoms with Crippen molar-refractivity contribution >= 4 is 33.5 Å². The van der Waals surface area contributed by atoms with Gasteiger partial charge in [0.2, 0.25) is 0 Å². The number of carboxylic acid groups (broad SMARTS) is 1. The van der Waals surface area contributed by atoms with Gasteiger partial charge in [0.1, 0.15) is 17.6 Å². The van der Waals surface area contributed by atoms with Gasteiger partial charge in [-0.05, 0) is 36.2 Å². The third kappa shape index (κ3) is 4.12. The summed E-state index contributed by atoms with van der Waals surface area (Å²) in [7, 11) is 0. The summed E-state index contributed by atoms with van der Waals surface area (Å²) in [6.45, 7) is 4.07. The van der Waals surface area contributed by atoms with E-state index < -0.39 is 12.0 Å². The number of carboxylic acids is 1. The highest BCUT2D eigenvalue weighted by Crippen LogP contribution is 2.31. The second-order valence-corrected chi connectivity index (χ2v) is 6.65. The molecule has 1 aromatic carbocycles. The van der Waals surface area contributed by atoms with Gasteiger partial charge in [-0.2, -0.15) is 0 Å². The number of aliphatic carboxylic acids is 1. The Labute approximate surface area is 142 Å². The van der Waals surface area contributed by atoms with Crippen molar-refractivity contribution in [1.82, 2.24) is 5.32 Å². The van der Waals surface area contributed by atoms with Gasteiger partial charge >= 0.3 is 5.97 Å². The molecule has 0 bridgehead atoms. The Morgan fingerprint density at radius 2 is 2.09 bits per heavy atom. The SMILES string of the molecule is CC(C)C(NCc1ccc(-c2ccc(Br)cc2Cl)o1)C(=O)O. The molecule has 1 unspecified atom stereocenters. The lowest BCUT2D eigenvalue weighted by molar-refractivity contribution is -0.140. The van der Waals surface area contributed by atoms with Gasteiger partial charge in [-0.25, -0.2) is 0 Å². The molecule has 22 heavy (non-hydrogen) atoms. The Kier molecular flexibility index (Phi) is 5.67. The van der Waals surface area contributed by atoms with E-state index in [0.717, 1.165) is 10.0 Å². The molecular weight excluding hydrogens is 370 g/mol. The maximum absolute atomic E-state index is 11.2. The number of furan rings is 1. The molecule has 0 aliphatic carbocycles. The average Bonchev–Trinajstić information content (AvgIpc) is 2.86. The zero-order valence-corrected chi connectivity index (χ0v) is 14.6. The molecule has 0 spiro atoms. The minimum Gasteiger partial charge on any atom is -0.480 e. The highest BCUT2D eigenvalue weighted by Gasteiger charge is 2.21. The van der Waals surface area contributed by atoms with Gasteiger partial charge in [-0.1, -0.05) is 41.4 Å². The molecule has 2 aromatic rings. The van der Waals surface area contributed by atoms with Gasteiger partial charge < -0.3 is 9.52 Å². The zero-order chi connectivity index (χ0) is 16.3. The fourth-order valence-corrected chi connectivity index (χ4v) is 2.89. The van der Waals surface area contributed by atoms with Crippen molar-refractivity contribution in [3.05, 3.63) is 45.6 Å². The molecule has 0 amide bonds. The molecule has 0 radical (unpaired) electrons. The number of hydrogen-bond donors (Lipinski definition) is 2. The van der Waals surface area contributed by atoms with Gasteiger partial charge in [0.15, 0.2) is 0 Å². The van der Waals surface area contributed by atoms with Crippen LogP contribution in [0.2, 0.25) is 5.02 Å². The molecule has 0 aliphatic rings. The molecule has 1 heterocycles. The van der Waals surface area contributed by atoms with Gasteiger partial charge in [-0.15, -0.1) is 0 Å². The molecule has 0 saturated heterocycles. The summed E-state index contributed by atoms with van der Waals surface area (Å²) < 4.78 is 6.64. The van der Waals surface area contributed by atoms with E-state index >= 15 is 0 Å². The van der Waals surface area contributed by atoms with Crippen molar-refractivity contribution < 1.29 is 14.3 Å². The van der Waals surface area contributed by atoms with E-state index in [-0.39, 0.29) is 5.92 Å². The fourth-order valence-electron chi connectivity index (χ4n) is 2.13. The molecule has 6 heteroatoms. The summed E-state index contributed by atoms with van der Waals surface area (Å²) >= 11 is 9.56. The van der Waals surface area contributed by atoms with E-state index in [1.807, 2.05) is 38.1 Å². The standard InChI is InChI=1S/C16H17BrClNO3/c1-9(2)15(16(20)21)19-8-11-4-6-14(22-11)12-5-3-10(17)7-13(12)18/h3-7,9,15,19H,8H2,1-2H3,(H,20,21). The molecule has 1 aromatic heterocycles. The summed E-state index contributed by atoms with van der Waals surface area (Å²) in [6.07, 6.45) is 0. The van der Waals surface area contributed by atoms with Crippen LogP contribution in [-0.4, -0.2) is 17.1 Å². The first-order valence-electron chi connectivity index (χ1n) is 6.89. The second kappa shape index (κ2) is 7.31. The van der Waals surface area contributed by atoms with Crippen LogP contribution in [0.15, 0.2) is 39.2 Å². The fraction of sp³-hybridized carbons (Fsp3) is 0.312. The number of nitrogens with one attached hydrogen (secondary N) is 1.